The van der Waals surface area contributed by atoms with E-state index in [4.69, 9.17) is 9.26 Å². The predicted molar refractivity (Wildman–Crippen MR) is 73.7 cm³/mol. The first kappa shape index (κ1) is 14.0. The van der Waals surface area contributed by atoms with Gasteiger partial charge in [-0.05, 0) is 20.8 Å². The molecule has 0 bridgehead atoms. The van der Waals surface area contributed by atoms with E-state index in [9.17, 15) is 0 Å². The van der Waals surface area contributed by atoms with Gasteiger partial charge in [0.25, 0.3) is 0 Å². The summed E-state index contributed by atoms with van der Waals surface area (Å²) >= 11 is 0. The highest BCUT2D eigenvalue weighted by Crippen LogP contribution is 2.12. The number of nitrogens with one attached hydrogen (secondary N) is 2. The smallest absolute Gasteiger partial charge is 0.323 e. The van der Waals surface area contributed by atoms with Gasteiger partial charge in [-0.1, -0.05) is 5.16 Å². The number of anilines is 2. The van der Waals surface area contributed by atoms with E-state index >= 15 is 0 Å². The molecule has 2 N–H and O–H groups in total. The summed E-state index contributed by atoms with van der Waals surface area (Å²) in [5.74, 6) is 1.67. The molecule has 108 valence electrons. The predicted octanol–water partition coefficient (Wildman–Crippen LogP) is 1.61. The Morgan fingerprint density at radius 3 is 2.50 bits per heavy atom. The van der Waals surface area contributed by atoms with Crippen molar-refractivity contribution in [3.05, 3.63) is 17.5 Å². The van der Waals surface area contributed by atoms with Crippen molar-refractivity contribution in [1.29, 1.82) is 0 Å². The molecule has 0 amide bonds. The minimum absolute atomic E-state index is 0.289. The molecule has 0 aliphatic carbocycles. The van der Waals surface area contributed by atoms with Crippen LogP contribution in [0.25, 0.3) is 0 Å². The number of hydrogen-bond acceptors (Lipinski definition) is 8. The lowest BCUT2D eigenvalue weighted by molar-refractivity contribution is 0.312. The maximum Gasteiger partial charge on any atom is 0.323 e. The molecule has 0 fully saturated rings. The van der Waals surface area contributed by atoms with Gasteiger partial charge in [0.15, 0.2) is 0 Å². The van der Waals surface area contributed by atoms with Crippen LogP contribution in [0, 0.1) is 6.92 Å². The van der Waals surface area contributed by atoms with Crippen molar-refractivity contribution in [3.8, 4) is 6.01 Å². The second-order valence-corrected chi connectivity index (χ2v) is 4.01. The van der Waals surface area contributed by atoms with Crippen LogP contribution in [0.5, 0.6) is 6.01 Å². The first-order chi connectivity index (χ1) is 9.71. The number of rotatable bonds is 7. The summed E-state index contributed by atoms with van der Waals surface area (Å²) in [5.41, 5.74) is 0.783. The number of hydrogen-bond donors (Lipinski definition) is 2. The van der Waals surface area contributed by atoms with E-state index in [1.165, 1.54) is 0 Å². The summed E-state index contributed by atoms with van der Waals surface area (Å²) in [6.45, 7) is 7.38. The van der Waals surface area contributed by atoms with E-state index in [0.717, 1.165) is 18.0 Å². The van der Waals surface area contributed by atoms with Gasteiger partial charge in [0.2, 0.25) is 11.9 Å². The molecule has 2 aromatic rings. The summed E-state index contributed by atoms with van der Waals surface area (Å²) in [6.07, 6.45) is 0. The second-order valence-electron chi connectivity index (χ2n) is 4.01. The van der Waals surface area contributed by atoms with Gasteiger partial charge in [-0.15, -0.1) is 0 Å². The minimum Gasteiger partial charge on any atom is -0.464 e. The highest BCUT2D eigenvalue weighted by atomic mass is 16.5. The van der Waals surface area contributed by atoms with Crippen LogP contribution in [0.2, 0.25) is 0 Å². The zero-order valence-corrected chi connectivity index (χ0v) is 11.8. The SMILES string of the molecule is CCNc1nc(NCc2cc(C)on2)nc(OCC)n1. The summed E-state index contributed by atoms with van der Waals surface area (Å²) in [7, 11) is 0. The van der Waals surface area contributed by atoms with E-state index in [0.29, 0.717) is 25.0 Å². The molecule has 20 heavy (non-hydrogen) atoms. The van der Waals surface area contributed by atoms with Gasteiger partial charge in [-0.2, -0.15) is 15.0 Å². The van der Waals surface area contributed by atoms with Crippen molar-refractivity contribution in [2.45, 2.75) is 27.3 Å². The van der Waals surface area contributed by atoms with E-state index in [1.807, 2.05) is 26.8 Å². The fourth-order valence-corrected chi connectivity index (χ4v) is 1.54. The lowest BCUT2D eigenvalue weighted by Crippen LogP contribution is -2.10. The number of aromatic nitrogens is 4. The molecule has 2 aromatic heterocycles. The quantitative estimate of drug-likeness (QED) is 0.788. The van der Waals surface area contributed by atoms with Crippen LogP contribution in [-0.4, -0.2) is 33.3 Å². The van der Waals surface area contributed by atoms with E-state index < -0.39 is 0 Å². The van der Waals surface area contributed by atoms with Crippen molar-refractivity contribution >= 4 is 11.9 Å². The minimum atomic E-state index is 0.289. The Kier molecular flexibility index (Phi) is 4.70. The van der Waals surface area contributed by atoms with Gasteiger partial charge >= 0.3 is 6.01 Å². The summed E-state index contributed by atoms with van der Waals surface area (Å²) in [5, 5.41) is 9.99. The van der Waals surface area contributed by atoms with Crippen molar-refractivity contribution in [2.75, 3.05) is 23.8 Å². The maximum atomic E-state index is 5.31. The van der Waals surface area contributed by atoms with Crippen molar-refractivity contribution < 1.29 is 9.26 Å². The van der Waals surface area contributed by atoms with Crippen LogP contribution in [-0.2, 0) is 6.54 Å². The standard InChI is InChI=1S/C12H18N6O2/c1-4-13-10-15-11(17-12(16-10)19-5-2)14-7-9-6-8(3)20-18-9/h6H,4-5,7H2,1-3H3,(H2,13,14,15,16,17). The molecular formula is C12H18N6O2. The highest BCUT2D eigenvalue weighted by Gasteiger charge is 2.07. The van der Waals surface area contributed by atoms with Gasteiger partial charge in [0.05, 0.1) is 13.2 Å². The Balaban J connectivity index is 2.08. The van der Waals surface area contributed by atoms with Crippen LogP contribution in [0.3, 0.4) is 0 Å². The fraction of sp³-hybridized carbons (Fsp3) is 0.500. The lowest BCUT2D eigenvalue weighted by Gasteiger charge is -2.08. The molecule has 2 rings (SSSR count). The zero-order chi connectivity index (χ0) is 14.4. The molecule has 0 atom stereocenters. The second kappa shape index (κ2) is 6.69. The molecule has 8 nitrogen and oxygen atoms in total. The van der Waals surface area contributed by atoms with Gasteiger partial charge in [0.1, 0.15) is 11.5 Å². The molecular weight excluding hydrogens is 260 g/mol. The average Bonchev–Trinajstić information content (AvgIpc) is 2.83. The van der Waals surface area contributed by atoms with Crippen LogP contribution >= 0.6 is 0 Å². The fourth-order valence-electron chi connectivity index (χ4n) is 1.54. The monoisotopic (exact) mass is 278 g/mol. The van der Waals surface area contributed by atoms with Gasteiger partial charge in [0, 0.05) is 12.6 Å². The Hall–Kier alpha value is -2.38. The molecule has 8 heteroatoms. The van der Waals surface area contributed by atoms with Gasteiger partial charge in [-0.3, -0.25) is 0 Å². The zero-order valence-electron chi connectivity index (χ0n) is 11.8. The van der Waals surface area contributed by atoms with E-state index in [2.05, 4.69) is 30.7 Å². The lowest BCUT2D eigenvalue weighted by atomic mass is 10.4. The van der Waals surface area contributed by atoms with Crippen LogP contribution in [0.15, 0.2) is 10.6 Å². The average molecular weight is 278 g/mol. The Bertz CT molecular complexity index is 532. The Labute approximate surface area is 117 Å². The third-order valence-electron chi connectivity index (χ3n) is 2.33. The Morgan fingerprint density at radius 2 is 1.90 bits per heavy atom. The summed E-state index contributed by atoms with van der Waals surface area (Å²) in [6, 6.07) is 2.14. The van der Waals surface area contributed by atoms with Crippen molar-refractivity contribution in [2.24, 2.45) is 0 Å². The van der Waals surface area contributed by atoms with Gasteiger partial charge < -0.3 is 19.9 Å². The number of aryl methyl sites for hydroxylation is 1. The van der Waals surface area contributed by atoms with Crippen LogP contribution < -0.4 is 15.4 Å². The van der Waals surface area contributed by atoms with Crippen LogP contribution in [0.4, 0.5) is 11.9 Å². The molecule has 0 aliphatic rings. The number of ether oxygens (including phenoxy) is 1. The highest BCUT2D eigenvalue weighted by molar-refractivity contribution is 5.36. The third-order valence-corrected chi connectivity index (χ3v) is 2.33. The topological polar surface area (TPSA) is 98.0 Å². The number of nitrogens with zero attached hydrogens (tertiary/aromatic N) is 4. The maximum absolute atomic E-state index is 5.31. The molecule has 2 heterocycles. The molecule has 0 aliphatic heterocycles. The Morgan fingerprint density at radius 1 is 1.15 bits per heavy atom. The molecule has 0 unspecified atom stereocenters. The first-order valence-electron chi connectivity index (χ1n) is 6.50. The van der Waals surface area contributed by atoms with Gasteiger partial charge in [-0.25, -0.2) is 0 Å². The van der Waals surface area contributed by atoms with Crippen molar-refractivity contribution in [3.63, 3.8) is 0 Å². The molecule has 0 radical (unpaired) electrons. The largest absolute Gasteiger partial charge is 0.464 e. The first-order valence-corrected chi connectivity index (χ1v) is 6.50. The molecule has 0 aromatic carbocycles. The van der Waals surface area contributed by atoms with Crippen LogP contribution in [0.1, 0.15) is 25.3 Å². The molecule has 0 saturated heterocycles. The van der Waals surface area contributed by atoms with E-state index in [-0.39, 0.29) is 6.01 Å². The summed E-state index contributed by atoms with van der Waals surface area (Å²) < 4.78 is 10.3. The molecule has 0 saturated carbocycles. The normalized spacial score (nSPS) is 10.3. The van der Waals surface area contributed by atoms with Crippen molar-refractivity contribution in [1.82, 2.24) is 20.1 Å². The van der Waals surface area contributed by atoms with E-state index in [1.54, 1.807) is 0 Å². The summed E-state index contributed by atoms with van der Waals surface area (Å²) in [4.78, 5) is 12.6. The third kappa shape index (κ3) is 3.81. The molecule has 0 spiro atoms.